The van der Waals surface area contributed by atoms with Crippen LogP contribution in [0.3, 0.4) is 0 Å². The second kappa shape index (κ2) is 7.62. The van der Waals surface area contributed by atoms with E-state index in [9.17, 15) is 0 Å². The molecule has 0 radical (unpaired) electrons. The van der Waals surface area contributed by atoms with Gasteiger partial charge in [-0.1, -0.05) is 0 Å². The molecule has 1 heterocycles. The Morgan fingerprint density at radius 3 is 2.47 bits per heavy atom. The molecule has 1 N–H and O–H groups in total. The summed E-state index contributed by atoms with van der Waals surface area (Å²) in [5, 5.41) is 3.29. The minimum atomic E-state index is -2.40. The fraction of sp³-hybridized carbons (Fsp3) is 0.636. The summed E-state index contributed by atoms with van der Waals surface area (Å²) in [5.41, 5.74) is 0. The maximum absolute atomic E-state index is 5.34. The molecule has 1 aromatic rings. The van der Waals surface area contributed by atoms with E-state index in [-0.39, 0.29) is 0 Å². The first-order valence-electron chi connectivity index (χ1n) is 5.65. The van der Waals surface area contributed by atoms with Gasteiger partial charge in [0.05, 0.1) is 12.8 Å². The third-order valence-corrected chi connectivity index (χ3v) is 5.48. The zero-order valence-corrected chi connectivity index (χ0v) is 11.7. The first-order valence-corrected chi connectivity index (χ1v) is 7.58. The van der Waals surface area contributed by atoms with Crippen LogP contribution >= 0.6 is 0 Å². The molecular formula is C11H21NO4Si. The quantitative estimate of drug-likeness (QED) is 0.540. The molecule has 0 aliphatic carbocycles. The summed E-state index contributed by atoms with van der Waals surface area (Å²) < 4.78 is 21.2. The molecule has 1 aromatic heterocycles. The second-order valence-electron chi connectivity index (χ2n) is 3.66. The third-order valence-electron chi connectivity index (χ3n) is 2.65. The average Bonchev–Trinajstić information content (AvgIpc) is 2.88. The van der Waals surface area contributed by atoms with E-state index >= 15 is 0 Å². The molecule has 17 heavy (non-hydrogen) atoms. The van der Waals surface area contributed by atoms with Gasteiger partial charge in [-0.3, -0.25) is 0 Å². The van der Waals surface area contributed by atoms with Crippen LogP contribution in [0, 0.1) is 0 Å². The Bertz CT molecular complexity index is 279. The van der Waals surface area contributed by atoms with E-state index in [1.807, 2.05) is 12.1 Å². The van der Waals surface area contributed by atoms with Crippen LogP contribution in [0.4, 0.5) is 0 Å². The van der Waals surface area contributed by atoms with Gasteiger partial charge >= 0.3 is 8.80 Å². The van der Waals surface area contributed by atoms with Gasteiger partial charge in [-0.15, -0.1) is 0 Å². The molecule has 0 amide bonds. The molecule has 0 aromatic carbocycles. The lowest BCUT2D eigenvalue weighted by molar-refractivity contribution is 0.123. The van der Waals surface area contributed by atoms with Gasteiger partial charge in [-0.25, -0.2) is 0 Å². The van der Waals surface area contributed by atoms with Crippen LogP contribution in [0.5, 0.6) is 0 Å². The highest BCUT2D eigenvalue weighted by molar-refractivity contribution is 6.60. The number of rotatable bonds is 9. The second-order valence-corrected chi connectivity index (χ2v) is 6.75. The highest BCUT2D eigenvalue weighted by Gasteiger charge is 2.36. The van der Waals surface area contributed by atoms with Crippen LogP contribution in [0.15, 0.2) is 22.8 Å². The van der Waals surface area contributed by atoms with Crippen LogP contribution in [0.2, 0.25) is 6.04 Å². The Hall–Kier alpha value is -0.663. The van der Waals surface area contributed by atoms with Crippen molar-refractivity contribution in [2.75, 3.05) is 27.9 Å². The summed E-state index contributed by atoms with van der Waals surface area (Å²) in [6, 6.07) is 4.64. The summed E-state index contributed by atoms with van der Waals surface area (Å²) >= 11 is 0. The molecule has 0 aliphatic heterocycles. The first kappa shape index (κ1) is 14.4. The standard InChI is InChI=1S/C11H21NO4Si/c1-13-17(14-2,15-3)9-5-7-12-10-11-6-4-8-16-11/h4,6,8,12H,5,7,9-10H2,1-3H3. The van der Waals surface area contributed by atoms with Gasteiger partial charge in [0.1, 0.15) is 5.76 Å². The van der Waals surface area contributed by atoms with Crippen LogP contribution in [0.1, 0.15) is 12.2 Å². The molecule has 1 rings (SSSR count). The lowest BCUT2D eigenvalue weighted by Gasteiger charge is -2.24. The molecule has 5 nitrogen and oxygen atoms in total. The van der Waals surface area contributed by atoms with Crippen molar-refractivity contribution < 1.29 is 17.7 Å². The maximum atomic E-state index is 5.34. The Labute approximate surface area is 103 Å². The monoisotopic (exact) mass is 259 g/mol. The highest BCUT2D eigenvalue weighted by atomic mass is 28.4. The molecule has 0 bridgehead atoms. The summed E-state index contributed by atoms with van der Waals surface area (Å²) in [6.07, 6.45) is 2.62. The van der Waals surface area contributed by atoms with Gasteiger partial charge in [0, 0.05) is 27.4 Å². The predicted molar refractivity (Wildman–Crippen MR) is 66.6 cm³/mol. The molecule has 0 aliphatic rings. The highest BCUT2D eigenvalue weighted by Crippen LogP contribution is 2.14. The summed E-state index contributed by atoms with van der Waals surface area (Å²) in [6.45, 7) is 1.63. The van der Waals surface area contributed by atoms with Crippen molar-refractivity contribution in [1.29, 1.82) is 0 Å². The predicted octanol–water partition coefficient (Wildman–Crippen LogP) is 1.64. The van der Waals surface area contributed by atoms with Crippen LogP contribution in [-0.4, -0.2) is 36.7 Å². The van der Waals surface area contributed by atoms with Gasteiger partial charge in [0.2, 0.25) is 0 Å². The number of furan rings is 1. The molecule has 0 saturated heterocycles. The maximum Gasteiger partial charge on any atom is 0.500 e. The third kappa shape index (κ3) is 4.61. The number of hydrogen-bond acceptors (Lipinski definition) is 5. The largest absolute Gasteiger partial charge is 0.500 e. The van der Waals surface area contributed by atoms with Crippen LogP contribution in [-0.2, 0) is 19.8 Å². The van der Waals surface area contributed by atoms with Gasteiger partial charge in [0.15, 0.2) is 0 Å². The van der Waals surface area contributed by atoms with E-state index in [2.05, 4.69) is 5.32 Å². The minimum Gasteiger partial charge on any atom is -0.468 e. The molecule has 0 atom stereocenters. The topological polar surface area (TPSA) is 52.9 Å². The van der Waals surface area contributed by atoms with Gasteiger partial charge < -0.3 is 23.0 Å². The summed E-state index contributed by atoms with van der Waals surface area (Å²) in [5.74, 6) is 0.943. The Kier molecular flexibility index (Phi) is 6.46. The lowest BCUT2D eigenvalue weighted by atomic mass is 10.4. The van der Waals surface area contributed by atoms with Crippen molar-refractivity contribution in [3.63, 3.8) is 0 Å². The van der Waals surface area contributed by atoms with Gasteiger partial charge in [-0.2, -0.15) is 0 Å². The van der Waals surface area contributed by atoms with Gasteiger partial charge in [-0.05, 0) is 25.1 Å². The lowest BCUT2D eigenvalue weighted by Crippen LogP contribution is -2.43. The van der Waals surface area contributed by atoms with Crippen LogP contribution in [0.25, 0.3) is 0 Å². The van der Waals surface area contributed by atoms with E-state index in [4.69, 9.17) is 17.7 Å². The molecule has 0 saturated carbocycles. The molecule has 6 heteroatoms. The molecule has 0 fully saturated rings. The smallest absolute Gasteiger partial charge is 0.468 e. The number of nitrogens with one attached hydrogen (secondary N) is 1. The van der Waals surface area contributed by atoms with Gasteiger partial charge in [0.25, 0.3) is 0 Å². The van der Waals surface area contributed by atoms with Crippen molar-refractivity contribution in [2.45, 2.75) is 19.0 Å². The molecule has 0 spiro atoms. The van der Waals surface area contributed by atoms with Crippen LogP contribution < -0.4 is 5.32 Å². The normalized spacial score (nSPS) is 11.9. The minimum absolute atomic E-state index is 0.745. The zero-order valence-electron chi connectivity index (χ0n) is 10.7. The Balaban J connectivity index is 2.14. The molecular weight excluding hydrogens is 238 g/mol. The van der Waals surface area contributed by atoms with E-state index < -0.39 is 8.80 Å². The van der Waals surface area contributed by atoms with E-state index in [1.54, 1.807) is 27.6 Å². The van der Waals surface area contributed by atoms with Crippen molar-refractivity contribution in [1.82, 2.24) is 5.32 Å². The fourth-order valence-corrected chi connectivity index (χ4v) is 3.33. The average molecular weight is 259 g/mol. The SMILES string of the molecule is CO[Si](CCCNCc1ccco1)(OC)OC. The first-order chi connectivity index (χ1) is 8.26. The summed E-state index contributed by atoms with van der Waals surface area (Å²) in [7, 11) is 2.51. The van der Waals surface area contributed by atoms with Crippen molar-refractivity contribution in [2.24, 2.45) is 0 Å². The summed E-state index contributed by atoms with van der Waals surface area (Å²) in [4.78, 5) is 0. The molecule has 0 unspecified atom stereocenters. The fourth-order valence-electron chi connectivity index (χ4n) is 1.61. The van der Waals surface area contributed by atoms with Crippen molar-refractivity contribution in [3.8, 4) is 0 Å². The van der Waals surface area contributed by atoms with Crippen molar-refractivity contribution >= 4 is 8.80 Å². The van der Waals surface area contributed by atoms with E-state index in [0.29, 0.717) is 0 Å². The Morgan fingerprint density at radius 1 is 1.24 bits per heavy atom. The molecule has 98 valence electrons. The number of hydrogen-bond donors (Lipinski definition) is 1. The van der Waals surface area contributed by atoms with E-state index in [1.165, 1.54) is 0 Å². The Morgan fingerprint density at radius 2 is 1.94 bits per heavy atom. The van der Waals surface area contributed by atoms with E-state index in [0.717, 1.165) is 31.3 Å². The zero-order chi connectivity index (χ0) is 12.6. The van der Waals surface area contributed by atoms with Crippen molar-refractivity contribution in [3.05, 3.63) is 24.2 Å².